The minimum absolute atomic E-state index is 0.0600. The SMILES string of the molecule is Cc1cc(C)cc(NC(=O)CSc2nncn2-c2ccc(C)cc2C)c1. The normalized spacial score (nSPS) is 10.8. The molecule has 0 radical (unpaired) electrons. The molecular formula is C20H22N4OS. The van der Waals surface area contributed by atoms with Crippen LogP contribution in [0.2, 0.25) is 0 Å². The maximum atomic E-state index is 12.3. The van der Waals surface area contributed by atoms with E-state index in [1.165, 1.54) is 17.3 Å². The Balaban J connectivity index is 1.69. The van der Waals surface area contributed by atoms with Crippen LogP contribution in [0.4, 0.5) is 5.69 Å². The number of aromatic nitrogens is 3. The summed E-state index contributed by atoms with van der Waals surface area (Å²) in [5, 5.41) is 11.8. The Kier molecular flexibility index (Phi) is 5.42. The van der Waals surface area contributed by atoms with Gasteiger partial charge in [0, 0.05) is 5.69 Å². The van der Waals surface area contributed by atoms with E-state index in [0.29, 0.717) is 5.16 Å². The van der Waals surface area contributed by atoms with Crippen molar-refractivity contribution >= 4 is 23.4 Å². The first-order valence-corrected chi connectivity index (χ1v) is 9.39. The molecule has 0 bridgehead atoms. The first kappa shape index (κ1) is 18.2. The Morgan fingerprint density at radius 2 is 1.77 bits per heavy atom. The highest BCUT2D eigenvalue weighted by Gasteiger charge is 2.12. The fourth-order valence-corrected chi connectivity index (χ4v) is 3.66. The molecule has 26 heavy (non-hydrogen) atoms. The topological polar surface area (TPSA) is 59.8 Å². The molecule has 1 aromatic heterocycles. The van der Waals surface area contributed by atoms with E-state index in [-0.39, 0.29) is 11.7 Å². The molecule has 1 amide bonds. The number of amides is 1. The van der Waals surface area contributed by atoms with Crippen molar-refractivity contribution in [3.8, 4) is 5.69 Å². The molecule has 3 aromatic rings. The maximum Gasteiger partial charge on any atom is 0.234 e. The summed E-state index contributed by atoms with van der Waals surface area (Å²) in [5.41, 5.74) is 6.46. The number of thioether (sulfide) groups is 1. The van der Waals surface area contributed by atoms with E-state index in [1.807, 2.05) is 36.6 Å². The summed E-state index contributed by atoms with van der Waals surface area (Å²) in [4.78, 5) is 12.3. The van der Waals surface area contributed by atoms with Crippen molar-refractivity contribution in [1.82, 2.24) is 14.8 Å². The summed E-state index contributed by atoms with van der Waals surface area (Å²) >= 11 is 1.37. The number of carbonyl (C=O) groups is 1. The lowest BCUT2D eigenvalue weighted by molar-refractivity contribution is -0.113. The van der Waals surface area contributed by atoms with Gasteiger partial charge in [-0.25, -0.2) is 0 Å². The molecule has 6 heteroatoms. The molecule has 1 N–H and O–H groups in total. The van der Waals surface area contributed by atoms with Crippen LogP contribution in [0.25, 0.3) is 5.69 Å². The number of anilines is 1. The van der Waals surface area contributed by atoms with E-state index in [9.17, 15) is 4.79 Å². The number of rotatable bonds is 5. The molecule has 3 rings (SSSR count). The van der Waals surface area contributed by atoms with Gasteiger partial charge < -0.3 is 5.32 Å². The zero-order chi connectivity index (χ0) is 18.7. The van der Waals surface area contributed by atoms with Gasteiger partial charge in [-0.2, -0.15) is 0 Å². The standard InChI is InChI=1S/C20H22N4OS/c1-13-5-6-18(16(4)8-13)24-12-21-23-20(24)26-11-19(25)22-17-9-14(2)7-15(3)10-17/h5-10,12H,11H2,1-4H3,(H,22,25). The highest BCUT2D eigenvalue weighted by atomic mass is 32.2. The average molecular weight is 366 g/mol. The highest BCUT2D eigenvalue weighted by Crippen LogP contribution is 2.23. The van der Waals surface area contributed by atoms with Crippen LogP contribution in [-0.2, 0) is 4.79 Å². The van der Waals surface area contributed by atoms with Crippen molar-refractivity contribution in [1.29, 1.82) is 0 Å². The molecule has 0 aliphatic carbocycles. The Morgan fingerprint density at radius 3 is 2.46 bits per heavy atom. The summed E-state index contributed by atoms with van der Waals surface area (Å²) in [7, 11) is 0. The zero-order valence-electron chi connectivity index (χ0n) is 15.4. The number of aryl methyl sites for hydroxylation is 4. The summed E-state index contributed by atoms with van der Waals surface area (Å²) in [6.07, 6.45) is 1.68. The molecule has 0 spiro atoms. The minimum Gasteiger partial charge on any atom is -0.325 e. The number of hydrogen-bond donors (Lipinski definition) is 1. The molecule has 134 valence electrons. The van der Waals surface area contributed by atoms with Crippen molar-refractivity contribution in [2.75, 3.05) is 11.1 Å². The third-order valence-electron chi connectivity index (χ3n) is 3.97. The summed E-state index contributed by atoms with van der Waals surface area (Å²) < 4.78 is 1.92. The van der Waals surface area contributed by atoms with Crippen molar-refractivity contribution in [2.24, 2.45) is 0 Å². The molecule has 5 nitrogen and oxygen atoms in total. The van der Waals surface area contributed by atoms with Gasteiger partial charge in [0.2, 0.25) is 5.91 Å². The number of carbonyl (C=O) groups excluding carboxylic acids is 1. The van der Waals surface area contributed by atoms with Gasteiger partial charge in [0.15, 0.2) is 5.16 Å². The zero-order valence-corrected chi connectivity index (χ0v) is 16.2. The molecule has 0 fully saturated rings. The molecule has 1 heterocycles. The van der Waals surface area contributed by atoms with E-state index in [2.05, 4.69) is 47.6 Å². The van der Waals surface area contributed by atoms with Crippen LogP contribution in [0.1, 0.15) is 22.3 Å². The first-order valence-electron chi connectivity index (χ1n) is 8.41. The van der Waals surface area contributed by atoms with Crippen molar-refractivity contribution in [3.05, 3.63) is 65.0 Å². The highest BCUT2D eigenvalue weighted by molar-refractivity contribution is 7.99. The van der Waals surface area contributed by atoms with Crippen molar-refractivity contribution in [3.63, 3.8) is 0 Å². The Morgan fingerprint density at radius 1 is 1.04 bits per heavy atom. The van der Waals surface area contributed by atoms with Crippen LogP contribution < -0.4 is 5.32 Å². The third kappa shape index (κ3) is 4.32. The second-order valence-electron chi connectivity index (χ2n) is 6.49. The van der Waals surface area contributed by atoms with E-state index in [4.69, 9.17) is 0 Å². The second-order valence-corrected chi connectivity index (χ2v) is 7.43. The van der Waals surface area contributed by atoms with E-state index in [0.717, 1.165) is 28.1 Å². The van der Waals surface area contributed by atoms with Crippen LogP contribution in [0.5, 0.6) is 0 Å². The molecule has 0 aliphatic rings. The van der Waals surface area contributed by atoms with Crippen molar-refractivity contribution < 1.29 is 4.79 Å². The fraction of sp³-hybridized carbons (Fsp3) is 0.250. The van der Waals surface area contributed by atoms with Gasteiger partial charge in [-0.15, -0.1) is 10.2 Å². The van der Waals surface area contributed by atoms with Gasteiger partial charge in [-0.05, 0) is 62.6 Å². The fourth-order valence-electron chi connectivity index (χ4n) is 2.94. The van der Waals surface area contributed by atoms with Gasteiger partial charge in [0.1, 0.15) is 6.33 Å². The van der Waals surface area contributed by atoms with Crippen LogP contribution >= 0.6 is 11.8 Å². The lowest BCUT2D eigenvalue weighted by Crippen LogP contribution is -2.14. The average Bonchev–Trinajstić information content (AvgIpc) is 3.00. The molecule has 0 unspecified atom stereocenters. The largest absolute Gasteiger partial charge is 0.325 e. The molecular weight excluding hydrogens is 344 g/mol. The first-order chi connectivity index (χ1) is 12.4. The van der Waals surface area contributed by atoms with Crippen LogP contribution in [0.3, 0.4) is 0 Å². The van der Waals surface area contributed by atoms with Crippen LogP contribution in [0.15, 0.2) is 47.9 Å². The number of nitrogens with zero attached hydrogens (tertiary/aromatic N) is 3. The Bertz CT molecular complexity index is 928. The lowest BCUT2D eigenvalue weighted by Gasteiger charge is -2.10. The van der Waals surface area contributed by atoms with E-state index < -0.39 is 0 Å². The third-order valence-corrected chi connectivity index (χ3v) is 4.91. The molecule has 0 aliphatic heterocycles. The van der Waals surface area contributed by atoms with Crippen LogP contribution in [0, 0.1) is 27.7 Å². The Labute approximate surface area is 157 Å². The van der Waals surface area contributed by atoms with Gasteiger partial charge >= 0.3 is 0 Å². The summed E-state index contributed by atoms with van der Waals surface area (Å²) in [6, 6.07) is 12.2. The number of hydrogen-bond acceptors (Lipinski definition) is 4. The van der Waals surface area contributed by atoms with Crippen LogP contribution in [-0.4, -0.2) is 26.4 Å². The number of nitrogens with one attached hydrogen (secondary N) is 1. The maximum absolute atomic E-state index is 12.3. The molecule has 0 atom stereocenters. The minimum atomic E-state index is -0.0600. The van der Waals surface area contributed by atoms with Gasteiger partial charge in [-0.3, -0.25) is 9.36 Å². The lowest BCUT2D eigenvalue weighted by atomic mass is 10.1. The number of benzene rings is 2. The summed E-state index contributed by atoms with van der Waals surface area (Å²) in [5.74, 6) is 0.214. The van der Waals surface area contributed by atoms with Gasteiger partial charge in [0.05, 0.1) is 11.4 Å². The van der Waals surface area contributed by atoms with E-state index >= 15 is 0 Å². The smallest absolute Gasteiger partial charge is 0.234 e. The van der Waals surface area contributed by atoms with Gasteiger partial charge in [-0.1, -0.05) is 35.5 Å². The van der Waals surface area contributed by atoms with Gasteiger partial charge in [0.25, 0.3) is 0 Å². The Hall–Kier alpha value is -2.60. The molecule has 0 saturated heterocycles. The quantitative estimate of drug-likeness (QED) is 0.687. The summed E-state index contributed by atoms with van der Waals surface area (Å²) in [6.45, 7) is 8.16. The predicted octanol–water partition coefficient (Wildman–Crippen LogP) is 4.23. The monoisotopic (exact) mass is 366 g/mol. The second kappa shape index (κ2) is 7.74. The molecule has 2 aromatic carbocycles. The predicted molar refractivity (Wildman–Crippen MR) is 106 cm³/mol. The van der Waals surface area contributed by atoms with Crippen molar-refractivity contribution in [2.45, 2.75) is 32.9 Å². The van der Waals surface area contributed by atoms with E-state index in [1.54, 1.807) is 6.33 Å². The molecule has 0 saturated carbocycles.